The van der Waals surface area contributed by atoms with E-state index in [0.717, 1.165) is 88.9 Å². The number of benzene rings is 1. The third-order valence-electron chi connectivity index (χ3n) is 7.47. The van der Waals surface area contributed by atoms with Crippen LogP contribution in [0.25, 0.3) is 0 Å². The third-order valence-corrected chi connectivity index (χ3v) is 8.02. The Morgan fingerprint density at radius 3 is 2.65 bits per heavy atom. The molecule has 2 aromatic rings. The molecule has 2 fully saturated rings. The molecule has 2 aliphatic heterocycles. The number of anilines is 1. The van der Waals surface area contributed by atoms with Gasteiger partial charge in [-0.3, -0.25) is 9.69 Å². The van der Waals surface area contributed by atoms with Gasteiger partial charge in [0.15, 0.2) is 11.6 Å². The van der Waals surface area contributed by atoms with Gasteiger partial charge in [-0.2, -0.15) is 0 Å². The summed E-state index contributed by atoms with van der Waals surface area (Å²) in [6, 6.07) is 7.32. The monoisotopic (exact) mass is 502 g/mol. The number of ether oxygens (including phenoxy) is 1. The molecule has 6 nitrogen and oxygen atoms in total. The number of nitrogens with one attached hydrogen (secondary N) is 1. The van der Waals surface area contributed by atoms with Crippen LogP contribution < -0.4 is 15.0 Å². The molecule has 1 N–H and O–H groups in total. The van der Waals surface area contributed by atoms with Crippen LogP contribution in [0.5, 0.6) is 5.75 Å². The lowest BCUT2D eigenvalue weighted by atomic mass is 9.84. The molecular weight excluding hydrogens is 471 g/mol. The number of carbonyl (C=O) groups is 1. The molecule has 1 aliphatic carbocycles. The summed E-state index contributed by atoms with van der Waals surface area (Å²) in [4.78, 5) is 22.2. The third kappa shape index (κ3) is 5.45. The summed E-state index contributed by atoms with van der Waals surface area (Å²) in [5.41, 5.74) is 1.78. The van der Waals surface area contributed by atoms with Crippen LogP contribution in [-0.2, 0) is 6.42 Å². The van der Waals surface area contributed by atoms with Crippen LogP contribution in [0.1, 0.15) is 48.0 Å². The molecule has 1 saturated carbocycles. The fraction of sp³-hybridized carbons (Fsp3) is 0.538. The van der Waals surface area contributed by atoms with E-state index in [1.165, 1.54) is 12.0 Å². The Hall–Kier alpha value is -2.02. The van der Waals surface area contributed by atoms with Crippen molar-refractivity contribution in [1.82, 2.24) is 15.2 Å². The number of aromatic nitrogens is 1. The van der Waals surface area contributed by atoms with E-state index >= 15 is 0 Å². The topological polar surface area (TPSA) is 57.7 Å². The van der Waals surface area contributed by atoms with E-state index in [2.05, 4.69) is 26.2 Å². The predicted molar refractivity (Wildman–Crippen MR) is 136 cm³/mol. The number of rotatable bonds is 6. The zero-order chi connectivity index (χ0) is 23.5. The summed E-state index contributed by atoms with van der Waals surface area (Å²) in [6.45, 7) is 6.05. The average molecular weight is 503 g/mol. The van der Waals surface area contributed by atoms with Crippen LogP contribution in [-0.4, -0.2) is 61.2 Å². The molecule has 0 atom stereocenters. The molecular formula is C26H32Cl2N4O2. The van der Waals surface area contributed by atoms with Gasteiger partial charge >= 0.3 is 0 Å². The lowest BCUT2D eigenvalue weighted by molar-refractivity contribution is 0.0920. The molecule has 3 heterocycles. The van der Waals surface area contributed by atoms with Crippen molar-refractivity contribution in [2.75, 3.05) is 44.2 Å². The molecule has 34 heavy (non-hydrogen) atoms. The van der Waals surface area contributed by atoms with E-state index in [-0.39, 0.29) is 11.9 Å². The smallest absolute Gasteiger partial charge is 0.253 e. The Kier molecular flexibility index (Phi) is 7.47. The van der Waals surface area contributed by atoms with Crippen molar-refractivity contribution < 1.29 is 9.53 Å². The molecule has 3 aliphatic rings. The number of amides is 1. The van der Waals surface area contributed by atoms with E-state index in [1.54, 1.807) is 18.2 Å². The standard InChI is InChI=1S/C26H32Cl2N4O2/c27-20-3-6-22(23(28)17-20)26(33)30-21-4-1-18(2-5-21)8-11-31-12-14-32(15-13-31)25-24-19(7-10-29-25)9-16-34-24/h3,6-7,10,17-18,21H,1-2,4-5,8-9,11-16H2,(H,30,33). The van der Waals surface area contributed by atoms with Crippen molar-refractivity contribution in [2.45, 2.75) is 44.6 Å². The van der Waals surface area contributed by atoms with Gasteiger partial charge in [-0.15, -0.1) is 0 Å². The second-order valence-corrected chi connectivity index (χ2v) is 10.5. The number of hydrogen-bond acceptors (Lipinski definition) is 5. The van der Waals surface area contributed by atoms with Crippen LogP contribution in [0.2, 0.25) is 10.0 Å². The van der Waals surface area contributed by atoms with Gasteiger partial charge in [-0.25, -0.2) is 4.98 Å². The van der Waals surface area contributed by atoms with Crippen LogP contribution in [0.4, 0.5) is 5.82 Å². The van der Waals surface area contributed by atoms with Crippen molar-refractivity contribution in [3.05, 3.63) is 51.6 Å². The molecule has 0 bridgehead atoms. The number of piperazine rings is 1. The molecule has 0 radical (unpaired) electrons. The second-order valence-electron chi connectivity index (χ2n) is 9.65. The van der Waals surface area contributed by atoms with Gasteiger partial charge in [0.2, 0.25) is 0 Å². The normalized spacial score (nSPS) is 22.8. The minimum atomic E-state index is -0.105. The number of fused-ring (bicyclic) bond motifs is 1. The van der Waals surface area contributed by atoms with E-state index in [1.807, 2.05) is 6.20 Å². The summed E-state index contributed by atoms with van der Waals surface area (Å²) < 4.78 is 5.85. The first kappa shape index (κ1) is 23.7. The first-order valence-electron chi connectivity index (χ1n) is 12.4. The quantitative estimate of drug-likeness (QED) is 0.613. The summed E-state index contributed by atoms with van der Waals surface area (Å²) in [5, 5.41) is 4.10. The van der Waals surface area contributed by atoms with E-state index in [9.17, 15) is 4.79 Å². The molecule has 1 aromatic heterocycles. The van der Waals surface area contributed by atoms with Crippen molar-refractivity contribution >= 4 is 34.9 Å². The fourth-order valence-electron chi connectivity index (χ4n) is 5.40. The SMILES string of the molecule is O=C(NC1CCC(CCN2CCN(c3nccc4c3OCC4)CC2)CC1)c1ccc(Cl)cc1Cl. The number of halogens is 2. The number of hydrogen-bond donors (Lipinski definition) is 1. The fourth-order valence-corrected chi connectivity index (χ4v) is 5.89. The lowest BCUT2D eigenvalue weighted by Crippen LogP contribution is -2.47. The summed E-state index contributed by atoms with van der Waals surface area (Å²) >= 11 is 12.1. The first-order chi connectivity index (χ1) is 16.6. The molecule has 1 aromatic carbocycles. The van der Waals surface area contributed by atoms with E-state index < -0.39 is 0 Å². The minimum absolute atomic E-state index is 0.105. The van der Waals surface area contributed by atoms with Gasteiger partial charge < -0.3 is 15.0 Å². The summed E-state index contributed by atoms with van der Waals surface area (Å²) in [6.07, 6.45) is 8.52. The van der Waals surface area contributed by atoms with E-state index in [0.29, 0.717) is 15.6 Å². The van der Waals surface area contributed by atoms with Gasteiger partial charge in [0.25, 0.3) is 5.91 Å². The lowest BCUT2D eigenvalue weighted by Gasteiger charge is -2.37. The maximum absolute atomic E-state index is 12.6. The van der Waals surface area contributed by atoms with Gasteiger partial charge in [0, 0.05) is 55.4 Å². The number of carbonyl (C=O) groups excluding carboxylic acids is 1. The van der Waals surface area contributed by atoms with Crippen LogP contribution in [0.15, 0.2) is 30.5 Å². The molecule has 0 spiro atoms. The van der Waals surface area contributed by atoms with Crippen LogP contribution in [0.3, 0.4) is 0 Å². The minimum Gasteiger partial charge on any atom is -0.489 e. The molecule has 8 heteroatoms. The number of pyridine rings is 1. The van der Waals surface area contributed by atoms with Gasteiger partial charge in [0.05, 0.1) is 17.2 Å². The highest BCUT2D eigenvalue weighted by atomic mass is 35.5. The highest BCUT2D eigenvalue weighted by Gasteiger charge is 2.27. The zero-order valence-electron chi connectivity index (χ0n) is 19.4. The van der Waals surface area contributed by atoms with Crippen molar-refractivity contribution in [2.24, 2.45) is 5.92 Å². The average Bonchev–Trinajstić information content (AvgIpc) is 3.33. The largest absolute Gasteiger partial charge is 0.489 e. The predicted octanol–water partition coefficient (Wildman–Crippen LogP) is 4.82. The summed E-state index contributed by atoms with van der Waals surface area (Å²) in [5.74, 6) is 2.65. The van der Waals surface area contributed by atoms with E-state index in [4.69, 9.17) is 27.9 Å². The molecule has 0 unspecified atom stereocenters. The van der Waals surface area contributed by atoms with Crippen molar-refractivity contribution in [1.29, 1.82) is 0 Å². The Morgan fingerprint density at radius 1 is 1.09 bits per heavy atom. The molecule has 182 valence electrons. The maximum Gasteiger partial charge on any atom is 0.253 e. The number of nitrogens with zero attached hydrogens (tertiary/aromatic N) is 3. The maximum atomic E-state index is 12.6. The molecule has 1 saturated heterocycles. The Balaban J connectivity index is 1.03. The highest BCUT2D eigenvalue weighted by Crippen LogP contribution is 2.34. The molecule has 5 rings (SSSR count). The Morgan fingerprint density at radius 2 is 1.88 bits per heavy atom. The van der Waals surface area contributed by atoms with Crippen molar-refractivity contribution in [3.63, 3.8) is 0 Å². The molecule has 1 amide bonds. The Labute approximate surface area is 211 Å². The Bertz CT molecular complexity index is 1020. The van der Waals surface area contributed by atoms with Gasteiger partial charge in [0.1, 0.15) is 0 Å². The zero-order valence-corrected chi connectivity index (χ0v) is 21.0. The van der Waals surface area contributed by atoms with Crippen LogP contribution in [0, 0.1) is 5.92 Å². The van der Waals surface area contributed by atoms with Gasteiger partial charge in [-0.05, 0) is 68.8 Å². The van der Waals surface area contributed by atoms with Crippen molar-refractivity contribution in [3.8, 4) is 5.75 Å². The van der Waals surface area contributed by atoms with Crippen LogP contribution >= 0.6 is 23.2 Å². The second kappa shape index (κ2) is 10.7. The van der Waals surface area contributed by atoms with Gasteiger partial charge in [-0.1, -0.05) is 23.2 Å². The highest BCUT2D eigenvalue weighted by molar-refractivity contribution is 6.36. The summed E-state index contributed by atoms with van der Waals surface area (Å²) in [7, 11) is 0. The first-order valence-corrected chi connectivity index (χ1v) is 13.2.